The Morgan fingerprint density at radius 3 is 2.70 bits per heavy atom. The van der Waals surface area contributed by atoms with E-state index in [9.17, 15) is 4.79 Å². The first kappa shape index (κ1) is 15.9. The fourth-order valence-corrected chi connectivity index (χ4v) is 2.73. The molecule has 1 N–H and O–H groups in total. The van der Waals surface area contributed by atoms with E-state index in [1.54, 1.807) is 24.5 Å². The Morgan fingerprint density at radius 2 is 1.96 bits per heavy atom. The number of nitrogens with one attached hydrogen (secondary N) is 1. The average molecular weight is 348 g/mol. The van der Waals surface area contributed by atoms with Gasteiger partial charge < -0.3 is 9.73 Å². The van der Waals surface area contributed by atoms with Crippen LogP contribution >= 0.6 is 23.2 Å². The molecule has 0 atom stereocenters. The van der Waals surface area contributed by atoms with Crippen LogP contribution in [0.1, 0.15) is 18.1 Å². The SMILES string of the molecule is CCc1ccc2c(CC(=O)Nc3ccc(Cl)c(Cl)c3)coc2c1. The Labute approximate surface area is 144 Å². The molecule has 0 aliphatic rings. The Kier molecular flexibility index (Phi) is 4.60. The fourth-order valence-electron chi connectivity index (χ4n) is 2.44. The molecule has 0 unspecified atom stereocenters. The first-order valence-corrected chi connectivity index (χ1v) is 8.06. The summed E-state index contributed by atoms with van der Waals surface area (Å²) in [6.45, 7) is 2.09. The minimum Gasteiger partial charge on any atom is -0.464 e. The summed E-state index contributed by atoms with van der Waals surface area (Å²) < 4.78 is 5.56. The van der Waals surface area contributed by atoms with E-state index in [0.29, 0.717) is 15.7 Å². The molecule has 3 aromatic rings. The standard InChI is InChI=1S/C18H15Cl2NO2/c1-2-11-3-5-14-12(10-23-17(14)7-11)8-18(22)21-13-4-6-15(19)16(20)9-13/h3-7,9-10H,2,8H2,1H3,(H,21,22). The highest BCUT2D eigenvalue weighted by Crippen LogP contribution is 2.26. The van der Waals surface area contributed by atoms with E-state index in [-0.39, 0.29) is 12.3 Å². The van der Waals surface area contributed by atoms with Gasteiger partial charge in [-0.05, 0) is 36.2 Å². The van der Waals surface area contributed by atoms with Gasteiger partial charge in [-0.3, -0.25) is 4.79 Å². The van der Waals surface area contributed by atoms with Gasteiger partial charge in [-0.25, -0.2) is 0 Å². The maximum Gasteiger partial charge on any atom is 0.228 e. The van der Waals surface area contributed by atoms with Crippen LogP contribution in [0.3, 0.4) is 0 Å². The molecule has 0 bridgehead atoms. The summed E-state index contributed by atoms with van der Waals surface area (Å²) in [5, 5.41) is 4.64. The van der Waals surface area contributed by atoms with Crippen LogP contribution in [0.25, 0.3) is 11.0 Å². The summed E-state index contributed by atoms with van der Waals surface area (Å²) in [7, 11) is 0. The Morgan fingerprint density at radius 1 is 1.13 bits per heavy atom. The number of hydrogen-bond donors (Lipinski definition) is 1. The summed E-state index contributed by atoms with van der Waals surface area (Å²) in [5.41, 5.74) is 3.49. The largest absolute Gasteiger partial charge is 0.464 e. The maximum absolute atomic E-state index is 12.2. The van der Waals surface area contributed by atoms with Crippen molar-refractivity contribution in [3.63, 3.8) is 0 Å². The molecule has 1 amide bonds. The predicted molar refractivity (Wildman–Crippen MR) is 94.4 cm³/mol. The van der Waals surface area contributed by atoms with Crippen molar-refractivity contribution >= 4 is 45.8 Å². The van der Waals surface area contributed by atoms with E-state index >= 15 is 0 Å². The molecule has 0 aliphatic carbocycles. The zero-order valence-electron chi connectivity index (χ0n) is 12.5. The van der Waals surface area contributed by atoms with Gasteiger partial charge in [0, 0.05) is 16.6 Å². The van der Waals surface area contributed by atoms with Gasteiger partial charge in [0.15, 0.2) is 0 Å². The molecular formula is C18H15Cl2NO2. The number of carbonyl (C=O) groups is 1. The van der Waals surface area contributed by atoms with Crippen LogP contribution in [-0.2, 0) is 17.6 Å². The van der Waals surface area contributed by atoms with Crippen molar-refractivity contribution in [2.75, 3.05) is 5.32 Å². The van der Waals surface area contributed by atoms with E-state index in [0.717, 1.165) is 23.0 Å². The zero-order valence-corrected chi connectivity index (χ0v) is 14.0. The van der Waals surface area contributed by atoms with Gasteiger partial charge in [-0.1, -0.05) is 42.3 Å². The fraction of sp³-hybridized carbons (Fsp3) is 0.167. The second kappa shape index (κ2) is 6.65. The Balaban J connectivity index is 1.76. The summed E-state index contributed by atoms with van der Waals surface area (Å²) in [6.07, 6.45) is 2.82. The quantitative estimate of drug-likeness (QED) is 0.678. The van der Waals surface area contributed by atoms with Crippen molar-refractivity contribution in [2.24, 2.45) is 0 Å². The second-order valence-electron chi connectivity index (χ2n) is 5.30. The summed E-state index contributed by atoms with van der Waals surface area (Å²) in [5.74, 6) is -0.134. The first-order valence-electron chi connectivity index (χ1n) is 7.30. The highest BCUT2D eigenvalue weighted by atomic mass is 35.5. The molecule has 0 saturated heterocycles. The topological polar surface area (TPSA) is 42.2 Å². The van der Waals surface area contributed by atoms with Crippen molar-refractivity contribution in [3.8, 4) is 0 Å². The molecule has 118 valence electrons. The molecule has 23 heavy (non-hydrogen) atoms. The van der Waals surface area contributed by atoms with Gasteiger partial charge in [-0.2, -0.15) is 0 Å². The van der Waals surface area contributed by atoms with Crippen molar-refractivity contribution in [1.82, 2.24) is 0 Å². The lowest BCUT2D eigenvalue weighted by Crippen LogP contribution is -2.14. The third-order valence-corrected chi connectivity index (χ3v) is 4.42. The van der Waals surface area contributed by atoms with Gasteiger partial charge in [0.05, 0.1) is 22.7 Å². The molecule has 0 fully saturated rings. The lowest BCUT2D eigenvalue weighted by Gasteiger charge is -2.06. The summed E-state index contributed by atoms with van der Waals surface area (Å²) in [4.78, 5) is 12.2. The minimum absolute atomic E-state index is 0.134. The highest BCUT2D eigenvalue weighted by Gasteiger charge is 2.11. The molecule has 0 aliphatic heterocycles. The number of halogens is 2. The van der Waals surface area contributed by atoms with E-state index in [4.69, 9.17) is 27.6 Å². The predicted octanol–water partition coefficient (Wildman–Crippen LogP) is 5.48. The number of furan rings is 1. The number of anilines is 1. The molecule has 5 heteroatoms. The van der Waals surface area contributed by atoms with Crippen LogP contribution in [0.15, 0.2) is 47.1 Å². The second-order valence-corrected chi connectivity index (χ2v) is 6.11. The van der Waals surface area contributed by atoms with Crippen LogP contribution in [0, 0.1) is 0 Å². The Bertz CT molecular complexity index is 871. The summed E-state index contributed by atoms with van der Waals surface area (Å²) in [6, 6.07) is 11.1. The van der Waals surface area contributed by atoms with Crippen molar-refractivity contribution in [1.29, 1.82) is 0 Å². The number of rotatable bonds is 4. The summed E-state index contributed by atoms with van der Waals surface area (Å²) >= 11 is 11.8. The van der Waals surface area contributed by atoms with Crippen LogP contribution in [0.2, 0.25) is 10.0 Å². The molecule has 3 rings (SSSR count). The monoisotopic (exact) mass is 347 g/mol. The van der Waals surface area contributed by atoms with Gasteiger partial charge in [0.2, 0.25) is 5.91 Å². The maximum atomic E-state index is 12.2. The number of benzene rings is 2. The van der Waals surface area contributed by atoms with Crippen molar-refractivity contribution < 1.29 is 9.21 Å². The lowest BCUT2D eigenvalue weighted by molar-refractivity contribution is -0.115. The molecule has 1 aromatic heterocycles. The lowest BCUT2D eigenvalue weighted by atomic mass is 10.1. The highest BCUT2D eigenvalue weighted by molar-refractivity contribution is 6.42. The minimum atomic E-state index is -0.134. The van der Waals surface area contributed by atoms with Crippen LogP contribution in [0.5, 0.6) is 0 Å². The van der Waals surface area contributed by atoms with Gasteiger partial charge in [-0.15, -0.1) is 0 Å². The average Bonchev–Trinajstić information content (AvgIpc) is 2.93. The van der Waals surface area contributed by atoms with Crippen LogP contribution < -0.4 is 5.32 Å². The number of aryl methyl sites for hydroxylation is 1. The van der Waals surface area contributed by atoms with Crippen molar-refractivity contribution in [3.05, 3.63) is 63.8 Å². The van der Waals surface area contributed by atoms with Crippen molar-refractivity contribution in [2.45, 2.75) is 19.8 Å². The van der Waals surface area contributed by atoms with E-state index in [1.807, 2.05) is 12.1 Å². The Hall–Kier alpha value is -1.97. The molecule has 0 saturated carbocycles. The first-order chi connectivity index (χ1) is 11.1. The van der Waals surface area contributed by atoms with E-state index in [1.165, 1.54) is 5.56 Å². The third-order valence-electron chi connectivity index (χ3n) is 3.68. The molecule has 0 radical (unpaired) electrons. The molecule has 2 aromatic carbocycles. The number of hydrogen-bond acceptors (Lipinski definition) is 2. The van der Waals surface area contributed by atoms with Gasteiger partial charge in [0.25, 0.3) is 0 Å². The molecular weight excluding hydrogens is 333 g/mol. The number of carbonyl (C=O) groups excluding carboxylic acids is 1. The third kappa shape index (κ3) is 3.52. The zero-order chi connectivity index (χ0) is 16.4. The van der Waals surface area contributed by atoms with Gasteiger partial charge >= 0.3 is 0 Å². The number of fused-ring (bicyclic) bond motifs is 1. The van der Waals surface area contributed by atoms with E-state index < -0.39 is 0 Å². The van der Waals surface area contributed by atoms with E-state index in [2.05, 4.69) is 18.3 Å². The smallest absolute Gasteiger partial charge is 0.228 e. The normalized spacial score (nSPS) is 10.9. The molecule has 1 heterocycles. The van der Waals surface area contributed by atoms with Crippen LogP contribution in [0.4, 0.5) is 5.69 Å². The number of amides is 1. The molecule has 3 nitrogen and oxygen atoms in total. The van der Waals surface area contributed by atoms with Crippen LogP contribution in [-0.4, -0.2) is 5.91 Å². The van der Waals surface area contributed by atoms with Gasteiger partial charge in [0.1, 0.15) is 5.58 Å². The molecule has 0 spiro atoms.